The van der Waals surface area contributed by atoms with Crippen LogP contribution in [0.15, 0.2) is 0 Å². The van der Waals surface area contributed by atoms with Crippen molar-refractivity contribution in [3.63, 3.8) is 0 Å². The quantitative estimate of drug-likeness (QED) is 0.618. The molecule has 1 heteroatoms. The normalized spacial score (nSPS) is 57.9. The maximum atomic E-state index is 2.81. The van der Waals surface area contributed by atoms with Gasteiger partial charge in [0.15, 0.2) is 0 Å². The van der Waals surface area contributed by atoms with Crippen molar-refractivity contribution in [2.24, 2.45) is 29.6 Å². The fraction of sp³-hybridized carbons (Fsp3) is 1.00. The van der Waals surface area contributed by atoms with Crippen LogP contribution in [0, 0.1) is 29.6 Å². The van der Waals surface area contributed by atoms with Gasteiger partial charge in [-0.1, -0.05) is 6.92 Å². The van der Waals surface area contributed by atoms with E-state index in [9.17, 15) is 0 Å². The molecule has 1 atom stereocenters. The molecule has 1 saturated heterocycles. The molecule has 1 aliphatic heterocycles. The number of rotatable bonds is 0. The van der Waals surface area contributed by atoms with E-state index in [0.29, 0.717) is 5.54 Å². The summed E-state index contributed by atoms with van der Waals surface area (Å²) in [5, 5.41) is 0. The summed E-state index contributed by atoms with van der Waals surface area (Å²) in [6.07, 6.45) is 10.8. The Morgan fingerprint density at radius 2 is 1.53 bits per heavy atom. The van der Waals surface area contributed by atoms with Crippen LogP contribution in [-0.4, -0.2) is 24.0 Å². The van der Waals surface area contributed by atoms with Gasteiger partial charge in [-0.2, -0.15) is 0 Å². The minimum atomic E-state index is 0.644. The maximum absolute atomic E-state index is 2.81. The second-order valence-electron chi connectivity index (χ2n) is 7.82. The Bertz CT molecular complexity index is 293. The van der Waals surface area contributed by atoms with Gasteiger partial charge in [0.2, 0.25) is 0 Å². The van der Waals surface area contributed by atoms with Gasteiger partial charge in [-0.25, -0.2) is 0 Å². The van der Waals surface area contributed by atoms with Crippen molar-refractivity contribution in [3.8, 4) is 0 Å². The third kappa shape index (κ3) is 1.35. The fourth-order valence-electron chi connectivity index (χ4n) is 6.40. The molecule has 4 aliphatic carbocycles. The smallest absolute Gasteiger partial charge is 0.0265 e. The highest BCUT2D eigenvalue weighted by Crippen LogP contribution is 2.62. The zero-order chi connectivity index (χ0) is 11.6. The maximum Gasteiger partial charge on any atom is 0.0265 e. The highest BCUT2D eigenvalue weighted by molar-refractivity contribution is 5.12. The van der Waals surface area contributed by atoms with Crippen molar-refractivity contribution in [3.05, 3.63) is 0 Å². The molecule has 5 fully saturated rings. The monoisotopic (exact) mass is 233 g/mol. The molecule has 96 valence electrons. The average molecular weight is 233 g/mol. The lowest BCUT2D eigenvalue weighted by Gasteiger charge is -2.66. The van der Waals surface area contributed by atoms with Gasteiger partial charge in [-0.05, 0) is 88.1 Å². The first kappa shape index (κ1) is 10.8. The number of nitrogens with zero attached hydrogens (tertiary/aromatic N) is 1. The molecular weight excluding hydrogens is 206 g/mol. The average Bonchev–Trinajstić information content (AvgIpc) is 2.29. The Labute approximate surface area is 106 Å². The largest absolute Gasteiger partial charge is 0.300 e. The van der Waals surface area contributed by atoms with Crippen molar-refractivity contribution in [1.29, 1.82) is 0 Å². The first-order valence-corrected chi connectivity index (χ1v) is 7.89. The van der Waals surface area contributed by atoms with Crippen LogP contribution >= 0.6 is 0 Å². The molecule has 0 aromatic carbocycles. The summed E-state index contributed by atoms with van der Waals surface area (Å²) in [5.41, 5.74) is 0.644. The Balaban J connectivity index is 1.71. The Morgan fingerprint density at radius 3 is 2.12 bits per heavy atom. The minimum Gasteiger partial charge on any atom is -0.300 e. The first-order chi connectivity index (χ1) is 8.18. The van der Waals surface area contributed by atoms with E-state index in [1.165, 1.54) is 19.4 Å². The van der Waals surface area contributed by atoms with E-state index < -0.39 is 0 Å². The summed E-state index contributed by atoms with van der Waals surface area (Å²) in [6.45, 7) is 3.86. The van der Waals surface area contributed by atoms with Gasteiger partial charge in [0.05, 0.1) is 0 Å². The summed E-state index contributed by atoms with van der Waals surface area (Å²) < 4.78 is 0. The molecule has 0 aromatic rings. The van der Waals surface area contributed by atoms with Crippen molar-refractivity contribution in [2.45, 2.75) is 57.4 Å². The summed E-state index contributed by atoms with van der Waals surface area (Å²) in [4.78, 5) is 2.81. The molecular formula is C16H27N. The predicted molar refractivity (Wildman–Crippen MR) is 70.8 cm³/mol. The van der Waals surface area contributed by atoms with Gasteiger partial charge in [-0.3, -0.25) is 0 Å². The van der Waals surface area contributed by atoms with Crippen LogP contribution in [0.5, 0.6) is 0 Å². The zero-order valence-electron chi connectivity index (χ0n) is 11.5. The van der Waals surface area contributed by atoms with Crippen molar-refractivity contribution >= 4 is 0 Å². The van der Waals surface area contributed by atoms with Gasteiger partial charge in [0.25, 0.3) is 0 Å². The minimum absolute atomic E-state index is 0.644. The van der Waals surface area contributed by atoms with Gasteiger partial charge >= 0.3 is 0 Å². The van der Waals surface area contributed by atoms with Crippen LogP contribution in [0.4, 0.5) is 0 Å². The Hall–Kier alpha value is -0.0400. The number of hydrogen-bond acceptors (Lipinski definition) is 1. The van der Waals surface area contributed by atoms with Crippen molar-refractivity contribution in [1.82, 2.24) is 4.90 Å². The summed E-state index contributed by atoms with van der Waals surface area (Å²) in [5.74, 6) is 5.34. The number of hydrogen-bond donors (Lipinski definition) is 0. The Kier molecular flexibility index (Phi) is 2.23. The van der Waals surface area contributed by atoms with Gasteiger partial charge in [0.1, 0.15) is 0 Å². The number of likely N-dealkylation sites (tertiary alicyclic amines) is 1. The lowest BCUT2D eigenvalue weighted by Crippen LogP contribution is -2.67. The van der Waals surface area contributed by atoms with Crippen LogP contribution in [0.2, 0.25) is 0 Å². The molecule has 0 aromatic heterocycles. The molecule has 1 nitrogen and oxygen atoms in total. The molecule has 4 bridgehead atoms. The molecule has 0 radical (unpaired) electrons. The predicted octanol–water partition coefficient (Wildman–Crippen LogP) is 3.54. The molecule has 1 unspecified atom stereocenters. The lowest BCUT2D eigenvalue weighted by atomic mass is 9.46. The van der Waals surface area contributed by atoms with Crippen LogP contribution in [0.3, 0.4) is 0 Å². The van der Waals surface area contributed by atoms with Crippen LogP contribution in [0.25, 0.3) is 0 Å². The van der Waals surface area contributed by atoms with E-state index in [2.05, 4.69) is 18.9 Å². The van der Waals surface area contributed by atoms with E-state index in [1.54, 1.807) is 32.1 Å². The van der Waals surface area contributed by atoms with E-state index >= 15 is 0 Å². The molecule has 0 amide bonds. The second kappa shape index (κ2) is 3.50. The molecule has 1 spiro atoms. The molecule has 4 saturated carbocycles. The third-order valence-electron chi connectivity index (χ3n) is 6.90. The molecule has 1 heterocycles. The summed E-state index contributed by atoms with van der Waals surface area (Å²) in [7, 11) is 2.44. The van der Waals surface area contributed by atoms with Crippen molar-refractivity contribution < 1.29 is 0 Å². The summed E-state index contributed by atoms with van der Waals surface area (Å²) in [6, 6.07) is 0. The highest BCUT2D eigenvalue weighted by atomic mass is 15.2. The van der Waals surface area contributed by atoms with Crippen LogP contribution in [0.1, 0.15) is 51.9 Å². The first-order valence-electron chi connectivity index (χ1n) is 7.89. The molecule has 0 N–H and O–H groups in total. The molecule has 5 aliphatic rings. The van der Waals surface area contributed by atoms with Crippen LogP contribution in [-0.2, 0) is 0 Å². The van der Waals surface area contributed by atoms with Gasteiger partial charge in [0, 0.05) is 5.54 Å². The fourth-order valence-corrected chi connectivity index (χ4v) is 6.40. The third-order valence-corrected chi connectivity index (χ3v) is 6.90. The van der Waals surface area contributed by atoms with Gasteiger partial charge in [-0.15, -0.1) is 0 Å². The van der Waals surface area contributed by atoms with Crippen molar-refractivity contribution in [2.75, 3.05) is 13.6 Å². The van der Waals surface area contributed by atoms with E-state index in [1.807, 2.05) is 0 Å². The molecule has 17 heavy (non-hydrogen) atoms. The van der Waals surface area contributed by atoms with Crippen LogP contribution < -0.4 is 0 Å². The van der Waals surface area contributed by atoms with E-state index in [0.717, 1.165) is 29.6 Å². The standard InChI is InChI=1S/C16H27N/c1-11-3-4-17(2)16(10-11)14-6-12-5-13(8-14)9-15(16)7-12/h11-15H,3-10H2,1-2H3. The zero-order valence-corrected chi connectivity index (χ0v) is 11.5. The second-order valence-corrected chi connectivity index (χ2v) is 7.82. The molecule has 5 rings (SSSR count). The topological polar surface area (TPSA) is 3.24 Å². The lowest BCUT2D eigenvalue weighted by molar-refractivity contribution is -0.151. The van der Waals surface area contributed by atoms with E-state index in [-0.39, 0.29) is 0 Å². The van der Waals surface area contributed by atoms with Gasteiger partial charge < -0.3 is 4.90 Å². The SMILES string of the molecule is CC1CCN(C)C2(C1)C1CC3CC(C1)CC2C3. The summed E-state index contributed by atoms with van der Waals surface area (Å²) >= 11 is 0. The van der Waals surface area contributed by atoms with E-state index in [4.69, 9.17) is 0 Å². The number of piperidine rings is 1. The highest BCUT2D eigenvalue weighted by Gasteiger charge is 2.59. The Morgan fingerprint density at radius 1 is 0.941 bits per heavy atom.